The lowest BCUT2D eigenvalue weighted by Gasteiger charge is -2.28. The molecule has 0 atom stereocenters. The Morgan fingerprint density at radius 2 is 1.38 bits per heavy atom. The van der Waals surface area contributed by atoms with E-state index in [2.05, 4.69) is 18.3 Å². The molecule has 0 fully saturated rings. The third kappa shape index (κ3) is 6.34. The maximum Gasteiger partial charge on any atom is 0.331 e. The third-order valence-corrected chi connectivity index (χ3v) is 3.51. The summed E-state index contributed by atoms with van der Waals surface area (Å²) in [4.78, 5) is 11.0. The molecule has 24 heavy (non-hydrogen) atoms. The highest BCUT2D eigenvalue weighted by atomic mass is 16.4. The van der Waals surface area contributed by atoms with Crippen LogP contribution in [-0.2, 0) is 22.0 Å². The van der Waals surface area contributed by atoms with Crippen molar-refractivity contribution in [2.45, 2.75) is 66.2 Å². The average Bonchev–Trinajstić information content (AvgIpc) is 2.40. The van der Waals surface area contributed by atoms with Crippen molar-refractivity contribution in [2.75, 3.05) is 0 Å². The molecular weight excluding hydrogens is 304 g/mol. The summed E-state index contributed by atoms with van der Waals surface area (Å²) in [6, 6.07) is 3.78. The van der Waals surface area contributed by atoms with E-state index in [4.69, 9.17) is 5.11 Å². The molecule has 6 N–H and O–H groups in total. The number of aliphatic carboxylic acids is 1. The molecule has 5 heteroatoms. The Labute approximate surface area is 146 Å². The Morgan fingerprint density at radius 1 is 1.04 bits per heavy atom. The van der Waals surface area contributed by atoms with Crippen LogP contribution in [0.2, 0.25) is 0 Å². The van der Waals surface area contributed by atoms with E-state index in [1.165, 1.54) is 0 Å². The molecule has 0 aliphatic rings. The van der Waals surface area contributed by atoms with Crippen molar-refractivity contribution in [2.24, 2.45) is 11.7 Å². The van der Waals surface area contributed by atoms with Crippen LogP contribution < -0.4 is 11.7 Å². The fourth-order valence-electron chi connectivity index (χ4n) is 2.26. The van der Waals surface area contributed by atoms with Crippen LogP contribution in [0, 0.1) is 0 Å². The molecule has 5 nitrogen and oxygen atoms in total. The SMILES string of the molecule is C.C=C(Cc1cc(C(C)(C)C)c(O)c(C(C)(C)C)c1)C(=O)O.NN. The van der Waals surface area contributed by atoms with E-state index in [0.717, 1.165) is 16.7 Å². The molecule has 0 bridgehead atoms. The molecule has 0 amide bonds. The monoisotopic (exact) mass is 338 g/mol. The number of phenolic OH excluding ortho intramolecular Hbond substituents is 1. The fraction of sp³-hybridized carbons (Fsp3) is 0.526. The lowest BCUT2D eigenvalue weighted by atomic mass is 9.78. The van der Waals surface area contributed by atoms with E-state index in [9.17, 15) is 9.90 Å². The second kappa shape index (κ2) is 8.85. The number of benzene rings is 1. The van der Waals surface area contributed by atoms with Gasteiger partial charge in [-0.25, -0.2) is 4.79 Å². The highest BCUT2D eigenvalue weighted by molar-refractivity contribution is 5.86. The minimum atomic E-state index is -0.988. The molecule has 1 aromatic rings. The lowest BCUT2D eigenvalue weighted by Crippen LogP contribution is -2.18. The Balaban J connectivity index is 0. The Bertz CT molecular complexity index is 544. The summed E-state index contributed by atoms with van der Waals surface area (Å²) in [7, 11) is 0. The topological polar surface area (TPSA) is 110 Å². The largest absolute Gasteiger partial charge is 0.507 e. The van der Waals surface area contributed by atoms with Gasteiger partial charge in [0.2, 0.25) is 0 Å². The van der Waals surface area contributed by atoms with E-state index >= 15 is 0 Å². The summed E-state index contributed by atoms with van der Waals surface area (Å²) in [5.74, 6) is 7.32. The standard InChI is InChI=1S/C18H26O3.CH4.H4N2/c1-11(16(20)21)8-12-9-13(17(2,3)4)15(19)14(10-12)18(5,6)7;;1-2/h9-10,19H,1,8H2,2-7H3,(H,20,21);1H4;1-2H2. The van der Waals surface area contributed by atoms with Gasteiger partial charge in [0, 0.05) is 12.0 Å². The number of aromatic hydroxyl groups is 1. The maximum absolute atomic E-state index is 11.0. The van der Waals surface area contributed by atoms with Gasteiger partial charge < -0.3 is 10.2 Å². The summed E-state index contributed by atoms with van der Waals surface area (Å²) in [6.07, 6.45) is 0.280. The highest BCUT2D eigenvalue weighted by Gasteiger charge is 2.26. The van der Waals surface area contributed by atoms with Crippen molar-refractivity contribution in [1.29, 1.82) is 0 Å². The molecule has 0 radical (unpaired) electrons. The molecule has 0 aromatic heterocycles. The van der Waals surface area contributed by atoms with Gasteiger partial charge in [0.15, 0.2) is 0 Å². The Kier molecular flexibility index (Phi) is 9.00. The van der Waals surface area contributed by atoms with E-state index in [0.29, 0.717) is 5.75 Å². The number of carbonyl (C=O) groups is 1. The molecule has 0 aliphatic carbocycles. The van der Waals surface area contributed by atoms with Crippen LogP contribution in [0.3, 0.4) is 0 Å². The first-order valence-corrected chi connectivity index (χ1v) is 7.45. The molecule has 1 rings (SSSR count). The number of hydrogen-bond acceptors (Lipinski definition) is 4. The van der Waals surface area contributed by atoms with Gasteiger partial charge in [-0.2, -0.15) is 0 Å². The second-order valence-electron chi connectivity index (χ2n) is 7.63. The first-order valence-electron chi connectivity index (χ1n) is 7.45. The van der Waals surface area contributed by atoms with Crippen LogP contribution >= 0.6 is 0 Å². The maximum atomic E-state index is 11.0. The number of hydrogen-bond donors (Lipinski definition) is 4. The van der Waals surface area contributed by atoms with Crippen LogP contribution in [0.1, 0.15) is 65.7 Å². The minimum absolute atomic E-state index is 0. The van der Waals surface area contributed by atoms with Gasteiger partial charge in [0.05, 0.1) is 0 Å². The fourth-order valence-corrected chi connectivity index (χ4v) is 2.26. The van der Waals surface area contributed by atoms with E-state index < -0.39 is 5.97 Å². The molecule has 0 saturated heterocycles. The molecule has 0 heterocycles. The van der Waals surface area contributed by atoms with E-state index in [1.54, 1.807) is 0 Å². The van der Waals surface area contributed by atoms with Gasteiger partial charge in [-0.3, -0.25) is 11.7 Å². The van der Waals surface area contributed by atoms with E-state index in [-0.39, 0.29) is 30.3 Å². The Morgan fingerprint density at radius 3 is 1.62 bits per heavy atom. The normalized spacial score (nSPS) is 11.0. The molecule has 138 valence electrons. The molecule has 0 saturated carbocycles. The predicted molar refractivity (Wildman–Crippen MR) is 101 cm³/mol. The molecule has 0 aliphatic heterocycles. The molecule has 0 spiro atoms. The van der Waals surface area contributed by atoms with Crippen molar-refractivity contribution in [1.82, 2.24) is 0 Å². The first-order chi connectivity index (χ1) is 10.3. The average molecular weight is 338 g/mol. The van der Waals surface area contributed by atoms with Crippen LogP contribution in [0.4, 0.5) is 0 Å². The van der Waals surface area contributed by atoms with Crippen molar-refractivity contribution < 1.29 is 15.0 Å². The summed E-state index contributed by atoms with van der Waals surface area (Å²) in [5.41, 5.74) is 2.26. The summed E-state index contributed by atoms with van der Waals surface area (Å²) in [6.45, 7) is 15.8. The van der Waals surface area contributed by atoms with Crippen molar-refractivity contribution in [3.63, 3.8) is 0 Å². The zero-order chi connectivity index (χ0) is 18.6. The van der Waals surface area contributed by atoms with Gasteiger partial charge >= 0.3 is 5.97 Å². The van der Waals surface area contributed by atoms with Crippen LogP contribution in [0.25, 0.3) is 0 Å². The summed E-state index contributed by atoms with van der Waals surface area (Å²) < 4.78 is 0. The van der Waals surface area contributed by atoms with Crippen LogP contribution in [0.5, 0.6) is 5.75 Å². The zero-order valence-corrected chi connectivity index (χ0v) is 15.0. The van der Waals surface area contributed by atoms with Gasteiger partial charge in [-0.1, -0.05) is 67.7 Å². The predicted octanol–water partition coefficient (Wildman–Crippen LogP) is 3.63. The van der Waals surface area contributed by atoms with Crippen LogP contribution in [0.15, 0.2) is 24.3 Å². The van der Waals surface area contributed by atoms with Crippen molar-refractivity contribution in [3.8, 4) is 5.75 Å². The van der Waals surface area contributed by atoms with Gasteiger partial charge in [0.1, 0.15) is 5.75 Å². The number of nitrogens with two attached hydrogens (primary N) is 2. The molecule has 0 unspecified atom stereocenters. The van der Waals surface area contributed by atoms with E-state index in [1.807, 2.05) is 53.7 Å². The quantitative estimate of drug-likeness (QED) is 0.382. The molecule has 1 aromatic carbocycles. The minimum Gasteiger partial charge on any atom is -0.507 e. The van der Waals surface area contributed by atoms with Crippen LogP contribution in [-0.4, -0.2) is 16.2 Å². The highest BCUT2D eigenvalue weighted by Crippen LogP contribution is 2.40. The number of carboxylic acid groups (broad SMARTS) is 1. The van der Waals surface area contributed by atoms with Gasteiger partial charge in [0.25, 0.3) is 0 Å². The van der Waals surface area contributed by atoms with Crippen molar-refractivity contribution in [3.05, 3.63) is 41.0 Å². The number of phenols is 1. The zero-order valence-electron chi connectivity index (χ0n) is 15.0. The van der Waals surface area contributed by atoms with Gasteiger partial charge in [-0.05, 0) is 27.5 Å². The molecular formula is C19H34N2O3. The lowest BCUT2D eigenvalue weighted by molar-refractivity contribution is -0.132. The third-order valence-electron chi connectivity index (χ3n) is 3.51. The number of hydrazine groups is 1. The van der Waals surface area contributed by atoms with Gasteiger partial charge in [-0.15, -0.1) is 0 Å². The Hall–Kier alpha value is -1.85. The first kappa shape index (κ1) is 24.4. The number of rotatable bonds is 3. The summed E-state index contributed by atoms with van der Waals surface area (Å²) in [5, 5.41) is 19.6. The second-order valence-corrected chi connectivity index (χ2v) is 7.63. The smallest absolute Gasteiger partial charge is 0.331 e. The van der Waals surface area contributed by atoms with Crippen molar-refractivity contribution >= 4 is 5.97 Å². The number of carboxylic acids is 1. The summed E-state index contributed by atoms with van der Waals surface area (Å²) >= 11 is 0.